The molecule has 0 bridgehead atoms. The second-order valence-electron chi connectivity index (χ2n) is 5.49. The largest absolute Gasteiger partial charge is 0.289 e. The molecule has 120 valence electrons. The Bertz CT molecular complexity index is 981. The van der Waals surface area contributed by atoms with Crippen LogP contribution in [0.4, 0.5) is 4.39 Å². The van der Waals surface area contributed by atoms with E-state index in [2.05, 4.69) is 6.07 Å². The quantitative estimate of drug-likeness (QED) is 0.484. The maximum absolute atomic E-state index is 13.5. The first-order valence-electron chi connectivity index (χ1n) is 7.75. The van der Waals surface area contributed by atoms with E-state index in [1.165, 1.54) is 18.2 Å². The lowest BCUT2D eigenvalue weighted by Gasteiger charge is -2.07. The summed E-state index contributed by atoms with van der Waals surface area (Å²) in [5, 5.41) is 8.80. The Morgan fingerprint density at radius 1 is 0.960 bits per heavy atom. The van der Waals surface area contributed by atoms with Crippen LogP contribution in [-0.4, -0.2) is 5.78 Å². The lowest BCUT2D eigenvalue weighted by Crippen LogP contribution is -1.98. The van der Waals surface area contributed by atoms with Gasteiger partial charge in [0.1, 0.15) is 5.82 Å². The number of carbonyl (C=O) groups excluding carboxylic acids is 1. The number of hydrogen-bond acceptors (Lipinski definition) is 2. The van der Waals surface area contributed by atoms with Crippen LogP contribution in [0.1, 0.15) is 21.5 Å². The Labute approximate surface area is 145 Å². The summed E-state index contributed by atoms with van der Waals surface area (Å²) < 4.78 is 13.5. The predicted octanol–water partition coefficient (Wildman–Crippen LogP) is 5.26. The fourth-order valence-corrected chi connectivity index (χ4v) is 2.54. The van der Waals surface area contributed by atoms with Gasteiger partial charge in [-0.2, -0.15) is 5.26 Å². The van der Waals surface area contributed by atoms with Crippen molar-refractivity contribution < 1.29 is 9.18 Å². The third-order valence-corrected chi connectivity index (χ3v) is 3.80. The van der Waals surface area contributed by atoms with E-state index in [9.17, 15) is 9.18 Å². The smallest absolute Gasteiger partial charge is 0.186 e. The fourth-order valence-electron chi connectivity index (χ4n) is 2.54. The van der Waals surface area contributed by atoms with Gasteiger partial charge in [-0.15, -0.1) is 0 Å². The molecule has 0 fully saturated rings. The topological polar surface area (TPSA) is 40.9 Å². The molecule has 0 saturated heterocycles. The molecule has 3 heteroatoms. The zero-order chi connectivity index (χ0) is 17.6. The molecule has 0 heterocycles. The standard InChI is InChI=1S/C22H14FNO/c23-19-5-3-4-18(14-19)20-6-1-2-7-21(20)22(25)13-12-16-8-10-17(15-24)11-9-16/h1-14H/b13-12+. The van der Waals surface area contributed by atoms with E-state index in [0.29, 0.717) is 22.3 Å². The van der Waals surface area contributed by atoms with Crippen LogP contribution >= 0.6 is 0 Å². The summed E-state index contributed by atoms with van der Waals surface area (Å²) in [6.07, 6.45) is 3.19. The molecule has 0 unspecified atom stereocenters. The Morgan fingerprint density at radius 3 is 2.44 bits per heavy atom. The normalized spacial score (nSPS) is 10.6. The van der Waals surface area contributed by atoms with E-state index >= 15 is 0 Å². The van der Waals surface area contributed by atoms with Crippen LogP contribution in [0.5, 0.6) is 0 Å². The van der Waals surface area contributed by atoms with Crippen molar-refractivity contribution >= 4 is 11.9 Å². The lowest BCUT2D eigenvalue weighted by molar-refractivity contribution is 0.104. The van der Waals surface area contributed by atoms with E-state index in [-0.39, 0.29) is 11.6 Å². The third kappa shape index (κ3) is 3.88. The van der Waals surface area contributed by atoms with Gasteiger partial charge in [0.05, 0.1) is 11.6 Å². The molecule has 0 spiro atoms. The van der Waals surface area contributed by atoms with Crippen LogP contribution in [0.3, 0.4) is 0 Å². The fraction of sp³-hybridized carbons (Fsp3) is 0. The number of ketones is 1. The predicted molar refractivity (Wildman–Crippen MR) is 96.4 cm³/mol. The molecule has 2 nitrogen and oxygen atoms in total. The van der Waals surface area contributed by atoms with Gasteiger partial charge in [-0.3, -0.25) is 4.79 Å². The Balaban J connectivity index is 1.90. The number of benzene rings is 3. The van der Waals surface area contributed by atoms with Crippen LogP contribution in [0.15, 0.2) is 78.9 Å². The van der Waals surface area contributed by atoms with Gasteiger partial charge in [0.2, 0.25) is 0 Å². The van der Waals surface area contributed by atoms with Crippen molar-refractivity contribution in [3.63, 3.8) is 0 Å². The number of carbonyl (C=O) groups is 1. The molecule has 0 atom stereocenters. The summed E-state index contributed by atoms with van der Waals surface area (Å²) in [5.74, 6) is -0.503. The highest BCUT2D eigenvalue weighted by Gasteiger charge is 2.10. The van der Waals surface area contributed by atoms with Crippen LogP contribution in [-0.2, 0) is 0 Å². The lowest BCUT2D eigenvalue weighted by atomic mass is 9.96. The third-order valence-electron chi connectivity index (χ3n) is 3.80. The molecule has 3 aromatic rings. The molecule has 0 saturated carbocycles. The molecule has 0 aliphatic rings. The Kier molecular flexibility index (Phi) is 4.82. The molecule has 3 rings (SSSR count). The molecule has 3 aromatic carbocycles. The molecular formula is C22H14FNO. The van der Waals surface area contributed by atoms with Crippen molar-refractivity contribution in [3.8, 4) is 17.2 Å². The van der Waals surface area contributed by atoms with E-state index in [0.717, 1.165) is 5.56 Å². The summed E-state index contributed by atoms with van der Waals surface area (Å²) >= 11 is 0. The minimum atomic E-state index is -0.340. The number of allylic oxidation sites excluding steroid dienone is 1. The highest BCUT2D eigenvalue weighted by Crippen LogP contribution is 2.25. The van der Waals surface area contributed by atoms with Gasteiger partial charge in [0, 0.05) is 5.56 Å². The number of nitrogens with zero attached hydrogens (tertiary/aromatic N) is 1. The monoisotopic (exact) mass is 327 g/mol. The minimum absolute atomic E-state index is 0.163. The van der Waals surface area contributed by atoms with Crippen molar-refractivity contribution in [1.29, 1.82) is 5.26 Å². The summed E-state index contributed by atoms with van der Waals surface area (Å²) in [5.41, 5.74) is 3.26. The second-order valence-corrected chi connectivity index (χ2v) is 5.49. The zero-order valence-electron chi connectivity index (χ0n) is 13.3. The van der Waals surface area contributed by atoms with E-state index < -0.39 is 0 Å². The van der Waals surface area contributed by atoms with Crippen molar-refractivity contribution in [3.05, 3.63) is 101 Å². The van der Waals surface area contributed by atoms with Gasteiger partial charge < -0.3 is 0 Å². The average Bonchev–Trinajstić information content (AvgIpc) is 2.66. The highest BCUT2D eigenvalue weighted by atomic mass is 19.1. The van der Waals surface area contributed by atoms with Crippen LogP contribution < -0.4 is 0 Å². The number of hydrogen-bond donors (Lipinski definition) is 0. The second kappa shape index (κ2) is 7.37. The van der Waals surface area contributed by atoms with Gasteiger partial charge in [-0.05, 0) is 47.0 Å². The molecule has 0 aliphatic carbocycles. The zero-order valence-corrected chi connectivity index (χ0v) is 13.3. The SMILES string of the molecule is N#Cc1ccc(/C=C/C(=O)c2ccccc2-c2cccc(F)c2)cc1. The number of nitriles is 1. The van der Waals surface area contributed by atoms with Gasteiger partial charge >= 0.3 is 0 Å². The first kappa shape index (κ1) is 16.4. The molecular weight excluding hydrogens is 313 g/mol. The summed E-state index contributed by atoms with van der Waals surface area (Å²) in [6.45, 7) is 0. The first-order chi connectivity index (χ1) is 12.2. The Hall–Kier alpha value is -3.51. The minimum Gasteiger partial charge on any atom is -0.289 e. The summed E-state index contributed by atoms with van der Waals surface area (Å²) in [4.78, 5) is 12.6. The van der Waals surface area contributed by atoms with Crippen molar-refractivity contribution in [2.24, 2.45) is 0 Å². The van der Waals surface area contributed by atoms with Gasteiger partial charge in [0.25, 0.3) is 0 Å². The molecule has 0 aromatic heterocycles. The Morgan fingerprint density at radius 2 is 1.72 bits per heavy atom. The molecule has 0 radical (unpaired) electrons. The van der Waals surface area contributed by atoms with Crippen molar-refractivity contribution in [1.82, 2.24) is 0 Å². The molecule has 0 amide bonds. The van der Waals surface area contributed by atoms with Crippen molar-refractivity contribution in [2.75, 3.05) is 0 Å². The van der Waals surface area contributed by atoms with E-state index in [4.69, 9.17) is 5.26 Å². The summed E-state index contributed by atoms with van der Waals surface area (Å²) in [6, 6.07) is 22.3. The highest BCUT2D eigenvalue weighted by molar-refractivity contribution is 6.10. The summed E-state index contributed by atoms with van der Waals surface area (Å²) in [7, 11) is 0. The molecule has 25 heavy (non-hydrogen) atoms. The first-order valence-corrected chi connectivity index (χ1v) is 7.75. The van der Waals surface area contributed by atoms with Gasteiger partial charge in [0.15, 0.2) is 5.78 Å². The van der Waals surface area contributed by atoms with E-state index in [1.54, 1.807) is 60.7 Å². The average molecular weight is 327 g/mol. The van der Waals surface area contributed by atoms with Crippen molar-refractivity contribution in [2.45, 2.75) is 0 Å². The van der Waals surface area contributed by atoms with Gasteiger partial charge in [-0.1, -0.05) is 54.6 Å². The molecule has 0 aliphatic heterocycles. The maximum atomic E-state index is 13.5. The number of halogens is 1. The van der Waals surface area contributed by atoms with Crippen LogP contribution in [0, 0.1) is 17.1 Å². The van der Waals surface area contributed by atoms with E-state index in [1.807, 2.05) is 6.07 Å². The van der Waals surface area contributed by atoms with Crippen LogP contribution in [0.2, 0.25) is 0 Å². The van der Waals surface area contributed by atoms with Crippen LogP contribution in [0.25, 0.3) is 17.2 Å². The molecule has 0 N–H and O–H groups in total. The van der Waals surface area contributed by atoms with Gasteiger partial charge in [-0.25, -0.2) is 4.39 Å². The maximum Gasteiger partial charge on any atom is 0.186 e. The number of rotatable bonds is 4.